The predicted molar refractivity (Wildman–Crippen MR) is 169 cm³/mol. The Hall–Kier alpha value is -2.78. The van der Waals surface area contributed by atoms with Crippen LogP contribution in [0.1, 0.15) is 51.0 Å². The predicted octanol–water partition coefficient (Wildman–Crippen LogP) is 7.10. The van der Waals surface area contributed by atoms with Gasteiger partial charge in [-0.2, -0.15) is 0 Å². The second-order valence-electron chi connectivity index (χ2n) is 10.3. The average Bonchev–Trinajstić information content (AvgIpc) is 2.99. The highest BCUT2D eigenvalue weighted by Gasteiger charge is 2.35. The number of hydrogen-bond acceptors (Lipinski definition) is 4. The normalized spacial score (nSPS) is 14.7. The lowest BCUT2D eigenvalue weighted by molar-refractivity contribution is -0.140. The van der Waals surface area contributed by atoms with E-state index in [0.717, 1.165) is 36.4 Å². The van der Waals surface area contributed by atoms with Gasteiger partial charge in [-0.1, -0.05) is 103 Å². The molecule has 0 heterocycles. The molecule has 4 rings (SSSR count). The van der Waals surface area contributed by atoms with E-state index in [4.69, 9.17) is 34.8 Å². The van der Waals surface area contributed by atoms with Crippen LogP contribution in [-0.4, -0.2) is 43.8 Å². The Balaban J connectivity index is 1.74. The van der Waals surface area contributed by atoms with Gasteiger partial charge in [-0.3, -0.25) is 13.9 Å². The van der Waals surface area contributed by atoms with Crippen molar-refractivity contribution in [2.75, 3.05) is 10.8 Å². The first kappa shape index (κ1) is 32.1. The topological polar surface area (TPSA) is 86.8 Å². The minimum Gasteiger partial charge on any atom is -0.352 e. The van der Waals surface area contributed by atoms with E-state index in [1.807, 2.05) is 6.92 Å². The number of sulfonamides is 1. The van der Waals surface area contributed by atoms with Gasteiger partial charge in [0, 0.05) is 17.6 Å². The number of benzene rings is 3. The zero-order chi connectivity index (χ0) is 30.3. The molecule has 0 aromatic heterocycles. The molecule has 1 saturated carbocycles. The number of nitrogens with zero attached hydrogens (tertiary/aromatic N) is 2. The van der Waals surface area contributed by atoms with E-state index in [9.17, 15) is 18.0 Å². The molecule has 0 saturated heterocycles. The molecule has 1 fully saturated rings. The number of amides is 2. The molecule has 0 spiro atoms. The van der Waals surface area contributed by atoms with Crippen molar-refractivity contribution in [2.24, 2.45) is 0 Å². The van der Waals surface area contributed by atoms with Crippen molar-refractivity contribution in [3.63, 3.8) is 0 Å². The Morgan fingerprint density at radius 1 is 0.881 bits per heavy atom. The van der Waals surface area contributed by atoms with Crippen molar-refractivity contribution in [3.05, 3.63) is 93.4 Å². The molecule has 0 aliphatic heterocycles. The Morgan fingerprint density at radius 2 is 1.52 bits per heavy atom. The maximum atomic E-state index is 14.2. The van der Waals surface area contributed by atoms with E-state index in [1.165, 1.54) is 29.2 Å². The molecule has 0 unspecified atom stereocenters. The largest absolute Gasteiger partial charge is 0.352 e. The molecule has 1 aliphatic carbocycles. The van der Waals surface area contributed by atoms with Crippen LogP contribution in [0, 0.1) is 0 Å². The minimum absolute atomic E-state index is 0.00814. The molecule has 1 N–H and O–H groups in total. The SMILES string of the molecule is CC[C@@H](C(=O)NC1CCCCC1)N(Cc1ccccc1Cl)C(=O)CN(c1cccc(Cl)c1Cl)S(=O)(=O)c1ccccc1. The number of rotatable bonds is 11. The first-order valence-corrected chi connectivity index (χ1v) is 16.6. The summed E-state index contributed by atoms with van der Waals surface area (Å²) < 4.78 is 28.9. The number of anilines is 1. The molecule has 2 amide bonds. The fraction of sp³-hybridized carbons (Fsp3) is 0.355. The summed E-state index contributed by atoms with van der Waals surface area (Å²) in [6.45, 7) is 1.22. The average molecular weight is 651 g/mol. The van der Waals surface area contributed by atoms with E-state index in [0.29, 0.717) is 17.0 Å². The van der Waals surface area contributed by atoms with E-state index in [1.54, 1.807) is 48.5 Å². The van der Waals surface area contributed by atoms with Gasteiger partial charge in [-0.05, 0) is 55.2 Å². The van der Waals surface area contributed by atoms with Crippen molar-refractivity contribution < 1.29 is 18.0 Å². The van der Waals surface area contributed by atoms with Crippen LogP contribution in [0.3, 0.4) is 0 Å². The monoisotopic (exact) mass is 649 g/mol. The summed E-state index contributed by atoms with van der Waals surface area (Å²) in [7, 11) is -4.26. The fourth-order valence-corrected chi connectivity index (χ4v) is 7.28. The lowest BCUT2D eigenvalue weighted by Gasteiger charge is -2.34. The molecule has 0 radical (unpaired) electrons. The molecule has 7 nitrogen and oxygen atoms in total. The third-order valence-electron chi connectivity index (χ3n) is 7.45. The first-order chi connectivity index (χ1) is 20.1. The van der Waals surface area contributed by atoms with E-state index in [-0.39, 0.29) is 39.1 Å². The van der Waals surface area contributed by atoms with Gasteiger partial charge in [0.05, 0.1) is 20.6 Å². The zero-order valence-electron chi connectivity index (χ0n) is 23.3. The fourth-order valence-electron chi connectivity index (χ4n) is 5.19. The van der Waals surface area contributed by atoms with Gasteiger partial charge in [0.1, 0.15) is 12.6 Å². The highest BCUT2D eigenvalue weighted by Crippen LogP contribution is 2.35. The number of nitrogens with one attached hydrogen (secondary N) is 1. The van der Waals surface area contributed by atoms with Crippen LogP contribution >= 0.6 is 34.8 Å². The van der Waals surface area contributed by atoms with Crippen molar-refractivity contribution >= 4 is 62.3 Å². The van der Waals surface area contributed by atoms with Crippen LogP contribution in [0.25, 0.3) is 0 Å². The highest BCUT2D eigenvalue weighted by atomic mass is 35.5. The van der Waals surface area contributed by atoms with Gasteiger partial charge in [-0.15, -0.1) is 0 Å². The molecule has 1 aliphatic rings. The molecular formula is C31H34Cl3N3O4S. The van der Waals surface area contributed by atoms with Crippen molar-refractivity contribution in [3.8, 4) is 0 Å². The van der Waals surface area contributed by atoms with E-state index in [2.05, 4.69) is 5.32 Å². The Bertz CT molecular complexity index is 1500. The second-order valence-corrected chi connectivity index (χ2v) is 13.3. The van der Waals surface area contributed by atoms with Gasteiger partial charge in [0.15, 0.2) is 0 Å². The molecule has 11 heteroatoms. The molecular weight excluding hydrogens is 617 g/mol. The highest BCUT2D eigenvalue weighted by molar-refractivity contribution is 7.92. The van der Waals surface area contributed by atoms with Crippen LogP contribution in [0.4, 0.5) is 5.69 Å². The minimum atomic E-state index is -4.26. The Morgan fingerprint density at radius 3 is 2.19 bits per heavy atom. The smallest absolute Gasteiger partial charge is 0.264 e. The summed E-state index contributed by atoms with van der Waals surface area (Å²) in [4.78, 5) is 29.3. The lowest BCUT2D eigenvalue weighted by atomic mass is 9.95. The van der Waals surface area contributed by atoms with Gasteiger partial charge < -0.3 is 10.2 Å². The van der Waals surface area contributed by atoms with Crippen LogP contribution in [0.2, 0.25) is 15.1 Å². The Labute approximate surface area is 262 Å². The molecule has 1 atom stereocenters. The number of halogens is 3. The summed E-state index contributed by atoms with van der Waals surface area (Å²) in [5.74, 6) is -0.862. The van der Waals surface area contributed by atoms with Gasteiger partial charge in [0.25, 0.3) is 10.0 Å². The number of hydrogen-bond donors (Lipinski definition) is 1. The zero-order valence-corrected chi connectivity index (χ0v) is 26.4. The maximum absolute atomic E-state index is 14.2. The van der Waals surface area contributed by atoms with Gasteiger partial charge in [-0.25, -0.2) is 8.42 Å². The molecule has 3 aromatic carbocycles. The van der Waals surface area contributed by atoms with Crippen molar-refractivity contribution in [1.82, 2.24) is 10.2 Å². The number of carbonyl (C=O) groups excluding carboxylic acids is 2. The summed E-state index contributed by atoms with van der Waals surface area (Å²) in [6.07, 6.45) is 5.30. The quantitative estimate of drug-likeness (QED) is 0.240. The second kappa shape index (κ2) is 14.6. The molecule has 0 bridgehead atoms. The van der Waals surface area contributed by atoms with E-state index < -0.39 is 28.5 Å². The third kappa shape index (κ3) is 7.59. The summed E-state index contributed by atoms with van der Waals surface area (Å²) in [5.41, 5.74) is 0.688. The van der Waals surface area contributed by atoms with Crippen molar-refractivity contribution in [2.45, 2.75) is 69.0 Å². The summed E-state index contributed by atoms with van der Waals surface area (Å²) in [5, 5.41) is 3.69. The summed E-state index contributed by atoms with van der Waals surface area (Å²) >= 11 is 19.2. The van der Waals surface area contributed by atoms with Crippen LogP contribution in [0.15, 0.2) is 77.7 Å². The van der Waals surface area contributed by atoms with Crippen LogP contribution in [-0.2, 0) is 26.2 Å². The van der Waals surface area contributed by atoms with Crippen LogP contribution < -0.4 is 9.62 Å². The summed E-state index contributed by atoms with van der Waals surface area (Å²) in [6, 6.07) is 18.6. The molecule has 224 valence electrons. The first-order valence-electron chi connectivity index (χ1n) is 14.0. The standard InChI is InChI=1S/C31H34Cl3N3O4S/c1-2-27(31(39)35-23-13-5-3-6-14-23)36(20-22-12-9-10-17-25(22)32)29(38)21-37(28-19-11-18-26(33)30(28)34)42(40,41)24-15-7-4-8-16-24/h4,7-12,15-19,23,27H,2-3,5-6,13-14,20-21H2,1H3,(H,35,39)/t27-/m0/s1. The van der Waals surface area contributed by atoms with Gasteiger partial charge >= 0.3 is 0 Å². The molecule has 42 heavy (non-hydrogen) atoms. The maximum Gasteiger partial charge on any atom is 0.264 e. The molecule has 3 aromatic rings. The number of carbonyl (C=O) groups is 2. The van der Waals surface area contributed by atoms with E-state index >= 15 is 0 Å². The van der Waals surface area contributed by atoms with Crippen LogP contribution in [0.5, 0.6) is 0 Å². The Kier molecular flexibility index (Phi) is 11.2. The van der Waals surface area contributed by atoms with Crippen molar-refractivity contribution in [1.29, 1.82) is 0 Å². The third-order valence-corrected chi connectivity index (χ3v) is 10.4. The van der Waals surface area contributed by atoms with Gasteiger partial charge in [0.2, 0.25) is 11.8 Å². The lowest BCUT2D eigenvalue weighted by Crippen LogP contribution is -2.54.